The number of benzene rings is 1. The van der Waals surface area contributed by atoms with E-state index in [1.165, 1.54) is 42.4 Å². The normalized spacial score (nSPS) is 14.6. The van der Waals surface area contributed by atoms with Crippen molar-refractivity contribution in [1.29, 1.82) is 0 Å². The van der Waals surface area contributed by atoms with E-state index in [0.717, 1.165) is 36.5 Å². The Morgan fingerprint density at radius 3 is 2.73 bits per heavy atom. The fourth-order valence-corrected chi connectivity index (χ4v) is 4.12. The van der Waals surface area contributed by atoms with Gasteiger partial charge in [-0.3, -0.25) is 0 Å². The summed E-state index contributed by atoms with van der Waals surface area (Å²) in [4.78, 5) is 8.89. The molecule has 0 saturated carbocycles. The zero-order valence-corrected chi connectivity index (χ0v) is 16.6. The Hall–Kier alpha value is -1.87. The summed E-state index contributed by atoms with van der Waals surface area (Å²) in [7, 11) is 0. The van der Waals surface area contributed by atoms with Gasteiger partial charge in [0.1, 0.15) is 5.82 Å². The summed E-state index contributed by atoms with van der Waals surface area (Å²) in [5, 5.41) is 3.77. The van der Waals surface area contributed by atoms with Crippen LogP contribution in [-0.2, 0) is 12.8 Å². The van der Waals surface area contributed by atoms with Crippen LogP contribution in [0.2, 0.25) is 5.28 Å². The number of nitrogens with one attached hydrogen (secondary N) is 1. The molecular formula is C22H28ClN3. The van der Waals surface area contributed by atoms with Crippen LogP contribution in [0.15, 0.2) is 30.8 Å². The Labute approximate surface area is 161 Å². The Bertz CT molecular complexity index is 785. The quantitative estimate of drug-likeness (QED) is 0.575. The second kappa shape index (κ2) is 8.68. The van der Waals surface area contributed by atoms with Gasteiger partial charge in [-0.15, -0.1) is 0 Å². The Morgan fingerprint density at radius 1 is 1.19 bits per heavy atom. The molecule has 26 heavy (non-hydrogen) atoms. The van der Waals surface area contributed by atoms with Crippen LogP contribution in [-0.4, -0.2) is 9.97 Å². The Balaban J connectivity index is 1.91. The van der Waals surface area contributed by atoms with Crippen molar-refractivity contribution in [2.24, 2.45) is 0 Å². The van der Waals surface area contributed by atoms with Gasteiger partial charge in [0, 0.05) is 16.8 Å². The van der Waals surface area contributed by atoms with Crippen molar-refractivity contribution in [2.75, 3.05) is 5.32 Å². The van der Waals surface area contributed by atoms with E-state index < -0.39 is 0 Å². The number of rotatable bonds is 7. The summed E-state index contributed by atoms with van der Waals surface area (Å²) < 4.78 is 0. The molecule has 0 aliphatic heterocycles. The van der Waals surface area contributed by atoms with E-state index in [-0.39, 0.29) is 0 Å². The smallest absolute Gasteiger partial charge is 0.224 e. The highest BCUT2D eigenvalue weighted by atomic mass is 35.5. The molecule has 0 bridgehead atoms. The molecule has 1 aromatic heterocycles. The standard InChI is InChI=1S/C22H28ClN3/c1-4-10-16(5-2)18-12-7-6-11-17(18)15(3)24-21-19-13-8-9-14-20(19)25-22(23)26-21/h6-7,11-12,16H,3-5,8-10,13-14H2,1-2H3,(H,24,25,26). The number of hydrogen-bond donors (Lipinski definition) is 1. The van der Waals surface area contributed by atoms with Gasteiger partial charge in [-0.1, -0.05) is 51.1 Å². The lowest BCUT2D eigenvalue weighted by Gasteiger charge is -2.22. The Morgan fingerprint density at radius 2 is 1.96 bits per heavy atom. The lowest BCUT2D eigenvalue weighted by molar-refractivity contribution is 0.595. The highest BCUT2D eigenvalue weighted by Gasteiger charge is 2.19. The summed E-state index contributed by atoms with van der Waals surface area (Å²) in [6, 6.07) is 8.58. The van der Waals surface area contributed by atoms with Gasteiger partial charge in [-0.05, 0) is 61.6 Å². The molecule has 3 rings (SSSR count). The molecular weight excluding hydrogens is 342 g/mol. The van der Waals surface area contributed by atoms with Crippen LogP contribution >= 0.6 is 11.6 Å². The third-order valence-electron chi connectivity index (χ3n) is 5.28. The zero-order chi connectivity index (χ0) is 18.5. The highest BCUT2D eigenvalue weighted by molar-refractivity contribution is 6.28. The number of aryl methyl sites for hydroxylation is 1. The molecule has 1 atom stereocenters. The molecule has 1 aliphatic carbocycles. The fourth-order valence-electron chi connectivity index (χ4n) is 3.93. The number of anilines is 1. The minimum atomic E-state index is 0.312. The predicted octanol–water partition coefficient (Wildman–Crippen LogP) is 6.39. The van der Waals surface area contributed by atoms with E-state index in [0.29, 0.717) is 11.2 Å². The minimum Gasteiger partial charge on any atom is -0.340 e. The summed E-state index contributed by atoms with van der Waals surface area (Å²) in [6.07, 6.45) is 7.81. The number of hydrogen-bond acceptors (Lipinski definition) is 3. The number of aromatic nitrogens is 2. The molecule has 1 unspecified atom stereocenters. The third kappa shape index (κ3) is 4.09. The van der Waals surface area contributed by atoms with Gasteiger partial charge in [0.05, 0.1) is 5.69 Å². The molecule has 0 radical (unpaired) electrons. The molecule has 1 N–H and O–H groups in total. The topological polar surface area (TPSA) is 37.8 Å². The average Bonchev–Trinajstić information content (AvgIpc) is 2.66. The van der Waals surface area contributed by atoms with Crippen LogP contribution in [0.25, 0.3) is 5.70 Å². The van der Waals surface area contributed by atoms with E-state index in [9.17, 15) is 0 Å². The second-order valence-electron chi connectivity index (χ2n) is 7.06. The van der Waals surface area contributed by atoms with Crippen LogP contribution in [0.3, 0.4) is 0 Å². The van der Waals surface area contributed by atoms with Gasteiger partial charge in [-0.2, -0.15) is 0 Å². The minimum absolute atomic E-state index is 0.312. The van der Waals surface area contributed by atoms with E-state index >= 15 is 0 Å². The zero-order valence-electron chi connectivity index (χ0n) is 15.8. The molecule has 4 heteroatoms. The van der Waals surface area contributed by atoms with E-state index in [4.69, 9.17) is 11.6 Å². The van der Waals surface area contributed by atoms with Crippen molar-refractivity contribution < 1.29 is 0 Å². The van der Waals surface area contributed by atoms with Gasteiger partial charge >= 0.3 is 0 Å². The van der Waals surface area contributed by atoms with Gasteiger partial charge in [0.25, 0.3) is 0 Å². The fraction of sp³-hybridized carbons (Fsp3) is 0.455. The molecule has 3 nitrogen and oxygen atoms in total. The summed E-state index contributed by atoms with van der Waals surface area (Å²) in [5.41, 5.74) is 5.70. The van der Waals surface area contributed by atoms with Crippen LogP contribution in [0, 0.1) is 0 Å². The van der Waals surface area contributed by atoms with Crippen molar-refractivity contribution in [1.82, 2.24) is 9.97 Å². The van der Waals surface area contributed by atoms with E-state index in [1.807, 2.05) is 0 Å². The maximum Gasteiger partial charge on any atom is 0.224 e. The maximum atomic E-state index is 6.16. The highest BCUT2D eigenvalue weighted by Crippen LogP contribution is 2.33. The van der Waals surface area contributed by atoms with Crippen LogP contribution < -0.4 is 5.32 Å². The van der Waals surface area contributed by atoms with Crippen LogP contribution in [0.5, 0.6) is 0 Å². The monoisotopic (exact) mass is 369 g/mol. The molecule has 138 valence electrons. The Kier molecular flexibility index (Phi) is 6.31. The third-order valence-corrected chi connectivity index (χ3v) is 5.45. The average molecular weight is 370 g/mol. The van der Waals surface area contributed by atoms with Crippen molar-refractivity contribution in [3.63, 3.8) is 0 Å². The SMILES string of the molecule is C=C(Nc1nc(Cl)nc2c1CCCC2)c1ccccc1C(CC)CCC. The largest absolute Gasteiger partial charge is 0.340 e. The van der Waals surface area contributed by atoms with Crippen molar-refractivity contribution in [3.8, 4) is 0 Å². The van der Waals surface area contributed by atoms with Gasteiger partial charge in [0.2, 0.25) is 5.28 Å². The first kappa shape index (κ1) is 18.9. The van der Waals surface area contributed by atoms with E-state index in [2.05, 4.69) is 60.0 Å². The van der Waals surface area contributed by atoms with Gasteiger partial charge in [0.15, 0.2) is 0 Å². The summed E-state index contributed by atoms with van der Waals surface area (Å²) in [5.74, 6) is 1.38. The molecule has 0 fully saturated rings. The number of fused-ring (bicyclic) bond motifs is 1. The van der Waals surface area contributed by atoms with Gasteiger partial charge < -0.3 is 5.32 Å². The number of halogens is 1. The molecule has 1 heterocycles. The predicted molar refractivity (Wildman–Crippen MR) is 111 cm³/mol. The maximum absolute atomic E-state index is 6.16. The molecule has 1 aliphatic rings. The summed E-state index contributed by atoms with van der Waals surface area (Å²) >= 11 is 6.16. The first-order valence-corrected chi connectivity index (χ1v) is 10.1. The van der Waals surface area contributed by atoms with Crippen molar-refractivity contribution in [3.05, 3.63) is 58.5 Å². The van der Waals surface area contributed by atoms with Gasteiger partial charge in [-0.25, -0.2) is 9.97 Å². The molecule has 1 aromatic carbocycles. The molecule has 2 aromatic rings. The lowest BCUT2D eigenvalue weighted by atomic mass is 9.87. The van der Waals surface area contributed by atoms with Crippen molar-refractivity contribution in [2.45, 2.75) is 64.7 Å². The number of nitrogens with zero attached hydrogens (tertiary/aromatic N) is 2. The first-order chi connectivity index (χ1) is 12.6. The van der Waals surface area contributed by atoms with Crippen molar-refractivity contribution >= 4 is 23.1 Å². The lowest BCUT2D eigenvalue weighted by Crippen LogP contribution is -2.13. The molecule has 0 amide bonds. The first-order valence-electron chi connectivity index (χ1n) is 9.74. The molecule has 0 spiro atoms. The summed E-state index contributed by atoms with van der Waals surface area (Å²) in [6.45, 7) is 8.82. The second-order valence-corrected chi connectivity index (χ2v) is 7.40. The van der Waals surface area contributed by atoms with E-state index in [1.54, 1.807) is 0 Å². The van der Waals surface area contributed by atoms with Crippen LogP contribution in [0.1, 0.15) is 74.3 Å². The van der Waals surface area contributed by atoms with Crippen LogP contribution in [0.4, 0.5) is 5.82 Å². The molecule has 0 saturated heterocycles.